The number of rotatable bonds is 8. The number of carbonyl (C=O) groups excluding carboxylic acids is 1. The molecule has 2 N–H and O–H groups in total. The number of carbonyl (C=O) groups is 1. The Bertz CT molecular complexity index is 1250. The molecule has 0 radical (unpaired) electrons. The van der Waals surface area contributed by atoms with Gasteiger partial charge in [0.05, 0.1) is 28.0 Å². The lowest BCUT2D eigenvalue weighted by atomic mass is 9.89. The molecule has 7 nitrogen and oxygen atoms in total. The fourth-order valence-electron chi connectivity index (χ4n) is 5.46. The van der Waals surface area contributed by atoms with Crippen LogP contribution in [0.4, 0.5) is 5.00 Å². The number of aromatic nitrogens is 1. The van der Waals surface area contributed by atoms with E-state index in [1.807, 2.05) is 32.9 Å². The minimum Gasteiger partial charge on any atom is -0.472 e. The van der Waals surface area contributed by atoms with Gasteiger partial charge in [-0.15, -0.1) is 11.3 Å². The number of nitrogens with zero attached hydrogens (tertiary/aromatic N) is 2. The van der Waals surface area contributed by atoms with Crippen LogP contribution in [0.1, 0.15) is 65.3 Å². The molecule has 36 heavy (non-hydrogen) atoms. The van der Waals surface area contributed by atoms with Gasteiger partial charge >= 0.3 is 0 Å². The quantitative estimate of drug-likeness (QED) is 0.433. The van der Waals surface area contributed by atoms with Crippen LogP contribution in [0.2, 0.25) is 0 Å². The molecule has 0 atom stereocenters. The highest BCUT2D eigenvalue weighted by atomic mass is 32.1. The van der Waals surface area contributed by atoms with Crippen molar-refractivity contribution in [3.05, 3.63) is 63.0 Å². The maximum atomic E-state index is 13.6. The zero-order chi connectivity index (χ0) is 26.0. The van der Waals surface area contributed by atoms with E-state index in [1.54, 1.807) is 23.9 Å². The van der Waals surface area contributed by atoms with Gasteiger partial charge in [0.1, 0.15) is 0 Å². The molecule has 8 heteroatoms. The highest BCUT2D eigenvalue weighted by Crippen LogP contribution is 2.44. The summed E-state index contributed by atoms with van der Waals surface area (Å²) in [5.74, 6) is -0.169. The lowest BCUT2D eigenvalue weighted by Crippen LogP contribution is -2.42. The molecule has 1 aliphatic rings. The summed E-state index contributed by atoms with van der Waals surface area (Å²) in [7, 11) is 4.33. The number of furan rings is 1. The molecule has 4 rings (SSSR count). The van der Waals surface area contributed by atoms with Crippen molar-refractivity contribution in [1.29, 1.82) is 0 Å². The van der Waals surface area contributed by atoms with Gasteiger partial charge in [-0.25, -0.2) is 0 Å². The van der Waals surface area contributed by atoms with E-state index in [4.69, 9.17) is 4.42 Å². The molecular formula is C28H38N4O3S. The van der Waals surface area contributed by atoms with Gasteiger partial charge in [0.15, 0.2) is 0 Å². The lowest BCUT2D eigenvalue weighted by molar-refractivity contribution is 0.0951. The van der Waals surface area contributed by atoms with Crippen molar-refractivity contribution in [2.24, 2.45) is 0 Å². The number of anilines is 1. The van der Waals surface area contributed by atoms with Crippen molar-refractivity contribution in [1.82, 2.24) is 15.2 Å². The van der Waals surface area contributed by atoms with E-state index in [0.29, 0.717) is 23.2 Å². The van der Waals surface area contributed by atoms with Crippen molar-refractivity contribution in [2.75, 3.05) is 25.5 Å². The molecule has 1 saturated carbocycles. The third kappa shape index (κ3) is 5.30. The summed E-state index contributed by atoms with van der Waals surface area (Å²) in [6, 6.07) is 4.93. The first-order valence-corrected chi connectivity index (χ1v) is 13.6. The van der Waals surface area contributed by atoms with Gasteiger partial charge in [-0.1, -0.05) is 0 Å². The standard InChI is InChI=1S/C28H38N4O3S/c1-7-32(22-10-8-21(9-11-22)31(5)6)28-19(4)24(25(36-28)20-12-13-35-16-20)27(34)29-15-23-17(2)14-18(3)30-26(23)33/h12-14,16,21-22H,7-11,15H2,1-6H3,(H,29,34)(H,30,33). The summed E-state index contributed by atoms with van der Waals surface area (Å²) in [4.78, 5) is 34.6. The van der Waals surface area contributed by atoms with Gasteiger partial charge in [-0.2, -0.15) is 0 Å². The monoisotopic (exact) mass is 510 g/mol. The van der Waals surface area contributed by atoms with Crippen molar-refractivity contribution >= 4 is 22.2 Å². The second kappa shape index (κ2) is 11.0. The Labute approximate surface area is 217 Å². The number of aromatic amines is 1. The molecule has 1 aliphatic carbocycles. The summed E-state index contributed by atoms with van der Waals surface area (Å²) in [5.41, 5.74) is 4.66. The Hall–Kier alpha value is -2.84. The van der Waals surface area contributed by atoms with Crippen LogP contribution in [0, 0.1) is 20.8 Å². The number of hydrogen-bond acceptors (Lipinski definition) is 6. The second-order valence-corrected chi connectivity index (χ2v) is 11.1. The van der Waals surface area contributed by atoms with E-state index in [-0.39, 0.29) is 18.0 Å². The van der Waals surface area contributed by atoms with Crippen LogP contribution in [0.3, 0.4) is 0 Å². The largest absolute Gasteiger partial charge is 0.472 e. The first-order valence-electron chi connectivity index (χ1n) is 12.8. The van der Waals surface area contributed by atoms with Gasteiger partial charge in [0, 0.05) is 42.0 Å². The molecule has 0 aliphatic heterocycles. The maximum Gasteiger partial charge on any atom is 0.253 e. The SMILES string of the molecule is CCN(c1sc(-c2ccoc2)c(C(=O)NCc2c(C)cc(C)[nH]c2=O)c1C)C1CCC(N(C)C)CC1. The molecular weight excluding hydrogens is 472 g/mol. The molecule has 3 heterocycles. The van der Waals surface area contributed by atoms with Gasteiger partial charge in [-0.3, -0.25) is 9.59 Å². The smallest absolute Gasteiger partial charge is 0.253 e. The molecule has 1 fully saturated rings. The molecule has 0 spiro atoms. The van der Waals surface area contributed by atoms with Crippen molar-refractivity contribution in [3.8, 4) is 10.4 Å². The van der Waals surface area contributed by atoms with Crippen molar-refractivity contribution in [2.45, 2.75) is 72.0 Å². The summed E-state index contributed by atoms with van der Waals surface area (Å²) < 4.78 is 5.37. The van der Waals surface area contributed by atoms with E-state index < -0.39 is 0 Å². The Morgan fingerprint density at radius 1 is 1.17 bits per heavy atom. The fraction of sp³-hybridized carbons (Fsp3) is 0.500. The first kappa shape index (κ1) is 26.2. The molecule has 0 aromatic carbocycles. The Balaban J connectivity index is 1.64. The molecule has 0 unspecified atom stereocenters. The van der Waals surface area contributed by atoms with Gasteiger partial charge in [0.2, 0.25) is 0 Å². The van der Waals surface area contributed by atoms with Crippen LogP contribution in [-0.4, -0.2) is 48.5 Å². The topological polar surface area (TPSA) is 81.6 Å². The summed E-state index contributed by atoms with van der Waals surface area (Å²) in [5, 5.41) is 4.17. The molecule has 194 valence electrons. The Morgan fingerprint density at radius 3 is 2.44 bits per heavy atom. The minimum atomic E-state index is -0.169. The van der Waals surface area contributed by atoms with Gasteiger partial charge in [0.25, 0.3) is 11.5 Å². The van der Waals surface area contributed by atoms with Crippen molar-refractivity contribution in [3.63, 3.8) is 0 Å². The van der Waals surface area contributed by atoms with Gasteiger partial charge in [-0.05, 0) is 90.7 Å². The highest BCUT2D eigenvalue weighted by molar-refractivity contribution is 7.20. The molecule has 0 saturated heterocycles. The van der Waals surface area contributed by atoms with Crippen LogP contribution in [0.5, 0.6) is 0 Å². The lowest BCUT2D eigenvalue weighted by Gasteiger charge is -2.39. The number of aryl methyl sites for hydroxylation is 2. The Morgan fingerprint density at radius 2 is 1.86 bits per heavy atom. The summed E-state index contributed by atoms with van der Waals surface area (Å²) >= 11 is 1.66. The van der Waals surface area contributed by atoms with Crippen LogP contribution in [0.15, 0.2) is 33.9 Å². The van der Waals surface area contributed by atoms with Crippen molar-refractivity contribution < 1.29 is 9.21 Å². The summed E-state index contributed by atoms with van der Waals surface area (Å²) in [6.07, 6.45) is 7.99. The zero-order valence-corrected chi connectivity index (χ0v) is 23.1. The van der Waals surface area contributed by atoms with Gasteiger partial charge < -0.3 is 24.5 Å². The normalized spacial score (nSPS) is 18.0. The Kier molecular flexibility index (Phi) is 8.05. The predicted molar refractivity (Wildman–Crippen MR) is 147 cm³/mol. The molecule has 0 bridgehead atoms. The van der Waals surface area contributed by atoms with Crippen LogP contribution in [0.25, 0.3) is 10.4 Å². The number of pyridine rings is 1. The molecule has 3 aromatic heterocycles. The average molecular weight is 511 g/mol. The number of H-pyrrole nitrogens is 1. The number of thiophene rings is 1. The number of nitrogens with one attached hydrogen (secondary N) is 2. The number of amides is 1. The van der Waals surface area contributed by atoms with E-state index in [2.05, 4.69) is 41.1 Å². The maximum absolute atomic E-state index is 13.6. The minimum absolute atomic E-state index is 0.156. The van der Waals surface area contributed by atoms with Crippen LogP contribution < -0.4 is 15.8 Å². The molecule has 3 aromatic rings. The van der Waals surface area contributed by atoms with E-state index >= 15 is 0 Å². The first-order chi connectivity index (χ1) is 17.2. The molecule has 1 amide bonds. The second-order valence-electron chi connectivity index (χ2n) is 10.1. The van der Waals surface area contributed by atoms with Crippen LogP contribution in [-0.2, 0) is 6.54 Å². The van der Waals surface area contributed by atoms with Crippen LogP contribution >= 0.6 is 11.3 Å². The zero-order valence-electron chi connectivity index (χ0n) is 22.2. The van der Waals surface area contributed by atoms with E-state index in [0.717, 1.165) is 51.6 Å². The third-order valence-corrected chi connectivity index (χ3v) is 8.87. The predicted octanol–water partition coefficient (Wildman–Crippen LogP) is 5.25. The van der Waals surface area contributed by atoms with E-state index in [9.17, 15) is 9.59 Å². The fourth-order valence-corrected chi connectivity index (χ4v) is 6.88. The average Bonchev–Trinajstić information content (AvgIpc) is 3.48. The summed E-state index contributed by atoms with van der Waals surface area (Å²) in [6.45, 7) is 9.07. The highest BCUT2D eigenvalue weighted by Gasteiger charge is 2.31. The number of hydrogen-bond donors (Lipinski definition) is 2. The van der Waals surface area contributed by atoms with E-state index in [1.165, 1.54) is 12.8 Å². The third-order valence-electron chi connectivity index (χ3n) is 7.49.